The summed E-state index contributed by atoms with van der Waals surface area (Å²) in [6.07, 6.45) is 0. The largest absolute Gasteiger partial charge is 0.492 e. The number of anilines is 1. The smallest absolute Gasteiger partial charge is 0.270 e. The van der Waals surface area contributed by atoms with Crippen LogP contribution in [0.1, 0.15) is 25.0 Å². The summed E-state index contributed by atoms with van der Waals surface area (Å²) in [6.45, 7) is 4.94. The molecule has 0 saturated carbocycles. The van der Waals surface area contributed by atoms with E-state index in [9.17, 15) is 14.4 Å². The highest BCUT2D eigenvalue weighted by Crippen LogP contribution is 2.57. The van der Waals surface area contributed by atoms with Crippen molar-refractivity contribution in [3.63, 3.8) is 0 Å². The Bertz CT molecular complexity index is 1190. The van der Waals surface area contributed by atoms with Crippen LogP contribution in [0.15, 0.2) is 41.5 Å². The van der Waals surface area contributed by atoms with Crippen LogP contribution in [0.2, 0.25) is 10.0 Å². The summed E-state index contributed by atoms with van der Waals surface area (Å²) < 4.78 is 5.81. The first-order chi connectivity index (χ1) is 15.6. The minimum atomic E-state index is -1.54. The van der Waals surface area contributed by atoms with Gasteiger partial charge in [-0.3, -0.25) is 14.4 Å². The summed E-state index contributed by atoms with van der Waals surface area (Å²) in [5.74, 6) is -0.606. The van der Waals surface area contributed by atoms with E-state index in [0.717, 1.165) is 22.3 Å². The van der Waals surface area contributed by atoms with E-state index >= 15 is 0 Å². The van der Waals surface area contributed by atoms with Gasteiger partial charge in [0.15, 0.2) is 5.17 Å². The fourth-order valence-corrected chi connectivity index (χ4v) is 5.49. The standard InChI is InChI=1S/C22H20Cl2N4O4S/c1-12-4-6-15(7-5-12)32-11-10-27-19-16(8-9-17(23)18(19)24)22(20(27)31)28(14(3)30)26-21(33-22)25-13(2)29/h4-9H,10-11H2,1-3H3,(H,25,26,29). The van der Waals surface area contributed by atoms with Gasteiger partial charge in [0.05, 0.1) is 22.3 Å². The molecule has 0 bridgehead atoms. The van der Waals surface area contributed by atoms with Crippen LogP contribution in [0.3, 0.4) is 0 Å². The Kier molecular flexibility index (Phi) is 6.30. The highest BCUT2D eigenvalue weighted by atomic mass is 35.5. The maximum atomic E-state index is 13.9. The molecule has 2 aliphatic rings. The van der Waals surface area contributed by atoms with Crippen LogP contribution in [-0.2, 0) is 19.3 Å². The molecule has 1 spiro atoms. The minimum absolute atomic E-state index is 0.140. The van der Waals surface area contributed by atoms with Crippen LogP contribution in [0.4, 0.5) is 5.69 Å². The van der Waals surface area contributed by atoms with Gasteiger partial charge in [0, 0.05) is 19.4 Å². The molecule has 1 atom stereocenters. The molecule has 3 amide bonds. The number of ether oxygens (including phenoxy) is 1. The summed E-state index contributed by atoms with van der Waals surface area (Å²) in [5, 5.41) is 8.45. The molecule has 172 valence electrons. The number of carbonyl (C=O) groups excluding carboxylic acids is 3. The van der Waals surface area contributed by atoms with Gasteiger partial charge in [-0.25, -0.2) is 0 Å². The fourth-order valence-electron chi connectivity index (χ4n) is 3.74. The van der Waals surface area contributed by atoms with E-state index < -0.39 is 16.7 Å². The number of amidine groups is 1. The second-order valence-corrected chi connectivity index (χ2v) is 9.51. The van der Waals surface area contributed by atoms with Crippen LogP contribution >= 0.6 is 35.0 Å². The minimum Gasteiger partial charge on any atom is -0.492 e. The molecule has 4 rings (SSSR count). The van der Waals surface area contributed by atoms with E-state index in [4.69, 9.17) is 27.9 Å². The number of hydrogen-bond acceptors (Lipinski definition) is 6. The zero-order valence-electron chi connectivity index (χ0n) is 18.0. The van der Waals surface area contributed by atoms with Crippen molar-refractivity contribution >= 4 is 63.5 Å². The van der Waals surface area contributed by atoms with E-state index in [1.807, 2.05) is 31.2 Å². The fraction of sp³-hybridized carbons (Fsp3) is 0.273. The van der Waals surface area contributed by atoms with Crippen LogP contribution in [-0.4, -0.2) is 41.0 Å². The molecule has 0 fully saturated rings. The Balaban J connectivity index is 1.70. The Labute approximate surface area is 204 Å². The summed E-state index contributed by atoms with van der Waals surface area (Å²) in [6, 6.07) is 10.8. The summed E-state index contributed by atoms with van der Waals surface area (Å²) in [7, 11) is 0. The van der Waals surface area contributed by atoms with Crippen molar-refractivity contribution in [2.24, 2.45) is 5.10 Å². The Morgan fingerprint density at radius 2 is 1.85 bits per heavy atom. The lowest BCUT2D eigenvalue weighted by atomic mass is 10.1. The van der Waals surface area contributed by atoms with Crippen LogP contribution in [0, 0.1) is 6.92 Å². The van der Waals surface area contributed by atoms with Gasteiger partial charge < -0.3 is 15.0 Å². The molecule has 8 nitrogen and oxygen atoms in total. The monoisotopic (exact) mass is 506 g/mol. The zero-order chi connectivity index (χ0) is 23.9. The highest BCUT2D eigenvalue weighted by Gasteiger charge is 2.61. The molecule has 1 N–H and O–H groups in total. The first-order valence-electron chi connectivity index (χ1n) is 10.0. The number of carbonyl (C=O) groups is 3. The van der Waals surface area contributed by atoms with Crippen molar-refractivity contribution in [3.8, 4) is 5.75 Å². The number of hydrogen-bond donors (Lipinski definition) is 1. The van der Waals surface area contributed by atoms with Gasteiger partial charge in [-0.05, 0) is 36.9 Å². The molecule has 33 heavy (non-hydrogen) atoms. The first kappa shape index (κ1) is 23.4. The molecule has 0 aliphatic carbocycles. The van der Waals surface area contributed by atoms with E-state index in [1.165, 1.54) is 18.7 Å². The zero-order valence-corrected chi connectivity index (χ0v) is 20.3. The number of halogens is 2. The molecular weight excluding hydrogens is 487 g/mol. The number of benzene rings is 2. The number of hydrazone groups is 1. The molecule has 0 aromatic heterocycles. The second kappa shape index (κ2) is 8.89. The van der Waals surface area contributed by atoms with Gasteiger partial charge >= 0.3 is 0 Å². The quantitative estimate of drug-likeness (QED) is 0.679. The first-order valence-corrected chi connectivity index (χ1v) is 11.6. The van der Waals surface area contributed by atoms with Crippen molar-refractivity contribution in [2.45, 2.75) is 25.6 Å². The summed E-state index contributed by atoms with van der Waals surface area (Å²) >= 11 is 13.8. The number of fused-ring (bicyclic) bond motifs is 2. The molecular formula is C22H20Cl2N4O4S. The van der Waals surface area contributed by atoms with Crippen molar-refractivity contribution in [3.05, 3.63) is 57.6 Å². The third kappa shape index (κ3) is 4.05. The summed E-state index contributed by atoms with van der Waals surface area (Å²) in [4.78, 5) is 37.9. The van der Waals surface area contributed by atoms with E-state index in [1.54, 1.807) is 12.1 Å². The van der Waals surface area contributed by atoms with Gasteiger partial charge in [-0.1, -0.05) is 47.0 Å². The lowest BCUT2D eigenvalue weighted by molar-refractivity contribution is -0.139. The van der Waals surface area contributed by atoms with Crippen molar-refractivity contribution in [2.75, 3.05) is 18.1 Å². The predicted octanol–water partition coefficient (Wildman–Crippen LogP) is 3.88. The third-order valence-corrected chi connectivity index (χ3v) is 7.19. The summed E-state index contributed by atoms with van der Waals surface area (Å²) in [5.41, 5.74) is 1.95. The molecule has 2 heterocycles. The molecule has 1 unspecified atom stereocenters. The van der Waals surface area contributed by atoms with Crippen LogP contribution in [0.5, 0.6) is 5.75 Å². The Morgan fingerprint density at radius 1 is 1.15 bits per heavy atom. The number of nitrogens with one attached hydrogen (secondary N) is 1. The predicted molar refractivity (Wildman–Crippen MR) is 129 cm³/mol. The van der Waals surface area contributed by atoms with Gasteiger partial charge in [0.25, 0.3) is 5.91 Å². The lowest BCUT2D eigenvalue weighted by Gasteiger charge is -2.29. The van der Waals surface area contributed by atoms with E-state index in [0.29, 0.717) is 17.0 Å². The maximum absolute atomic E-state index is 13.9. The van der Waals surface area contributed by atoms with Gasteiger partial charge in [-0.15, -0.1) is 5.10 Å². The Hall–Kier alpha value is -2.75. The molecule has 11 heteroatoms. The molecule has 2 aliphatic heterocycles. The molecule has 2 aromatic rings. The van der Waals surface area contributed by atoms with Crippen molar-refractivity contribution < 1.29 is 19.1 Å². The second-order valence-electron chi connectivity index (χ2n) is 7.54. The molecule has 0 radical (unpaired) electrons. The van der Waals surface area contributed by atoms with Gasteiger partial charge in [0.1, 0.15) is 12.4 Å². The SMILES string of the molecule is CC(=O)NC1=NN(C(C)=O)C2(S1)C(=O)N(CCOc1ccc(C)cc1)c1c2ccc(Cl)c1Cl. The van der Waals surface area contributed by atoms with E-state index in [2.05, 4.69) is 10.4 Å². The molecule has 0 saturated heterocycles. The normalized spacial score (nSPS) is 19.1. The third-order valence-electron chi connectivity index (χ3n) is 5.16. The number of thioether (sulfide) groups is 1. The number of amides is 3. The van der Waals surface area contributed by atoms with Crippen molar-refractivity contribution in [1.29, 1.82) is 0 Å². The van der Waals surface area contributed by atoms with Gasteiger partial charge in [0.2, 0.25) is 16.7 Å². The topological polar surface area (TPSA) is 91.3 Å². The van der Waals surface area contributed by atoms with Crippen LogP contribution in [0.25, 0.3) is 0 Å². The van der Waals surface area contributed by atoms with Gasteiger partial charge in [-0.2, -0.15) is 5.01 Å². The molecule has 2 aromatic carbocycles. The Morgan fingerprint density at radius 3 is 2.48 bits per heavy atom. The number of rotatable bonds is 4. The maximum Gasteiger partial charge on any atom is 0.270 e. The van der Waals surface area contributed by atoms with Crippen molar-refractivity contribution in [1.82, 2.24) is 10.3 Å². The average molecular weight is 507 g/mol. The van der Waals surface area contributed by atoms with E-state index in [-0.39, 0.29) is 34.3 Å². The number of nitrogens with zero attached hydrogens (tertiary/aromatic N) is 3. The number of aryl methyl sites for hydroxylation is 1. The van der Waals surface area contributed by atoms with Crippen LogP contribution < -0.4 is 15.0 Å². The lowest BCUT2D eigenvalue weighted by Crippen LogP contribution is -2.49. The highest BCUT2D eigenvalue weighted by molar-refractivity contribution is 8.15. The average Bonchev–Trinajstić information content (AvgIpc) is 3.24.